The molecule has 2 fully saturated rings. The highest BCUT2D eigenvalue weighted by atomic mass is 35.5. The fraction of sp³-hybridized carbons (Fsp3) is 0.375. The van der Waals surface area contributed by atoms with Crippen LogP contribution in [0.5, 0.6) is 0 Å². The van der Waals surface area contributed by atoms with E-state index in [1.165, 1.54) is 15.8 Å². The fourth-order valence-electron chi connectivity index (χ4n) is 6.10. The number of likely N-dealkylation sites (tertiary alicyclic amines) is 1. The van der Waals surface area contributed by atoms with Gasteiger partial charge in [-0.3, -0.25) is 23.6 Å². The summed E-state index contributed by atoms with van der Waals surface area (Å²) >= 11 is 12.5. The molecule has 4 heterocycles. The second-order valence-corrected chi connectivity index (χ2v) is 13.2. The average molecular weight is 655 g/mol. The Morgan fingerprint density at radius 3 is 2.36 bits per heavy atom. The van der Waals surface area contributed by atoms with Crippen molar-refractivity contribution >= 4 is 46.2 Å². The first-order valence-electron chi connectivity index (χ1n) is 14.6. The second kappa shape index (κ2) is 11.8. The largest absolute Gasteiger partial charge is 0.465 e. The Bertz CT molecular complexity index is 1810. The normalized spacial score (nSPS) is 19.5. The van der Waals surface area contributed by atoms with Crippen LogP contribution in [0.1, 0.15) is 48.7 Å². The lowest BCUT2D eigenvalue weighted by atomic mass is 9.91. The number of aromatic nitrogens is 3. The molecule has 236 valence electrons. The summed E-state index contributed by atoms with van der Waals surface area (Å²) in [7, 11) is 0. The Kier molecular flexibility index (Phi) is 8.15. The van der Waals surface area contributed by atoms with Crippen LogP contribution >= 0.6 is 23.2 Å². The van der Waals surface area contributed by atoms with Crippen LogP contribution in [0.2, 0.25) is 10.2 Å². The SMILES string of the molecule is CC1(C)CN(C(=O)O)[C@@H](c2ccc(-n3c(Cl)cc4c(=O)n(CC5(O)CCN(C(=O)c6ccc(Cl)cc6)CC5)cnc43)cc2)CO1. The van der Waals surface area contributed by atoms with Crippen molar-refractivity contribution in [3.63, 3.8) is 0 Å². The van der Waals surface area contributed by atoms with Gasteiger partial charge in [0.15, 0.2) is 5.65 Å². The number of ether oxygens (including phenoxy) is 1. The predicted octanol–water partition coefficient (Wildman–Crippen LogP) is 4.99. The van der Waals surface area contributed by atoms with Crippen molar-refractivity contribution < 1.29 is 24.5 Å². The van der Waals surface area contributed by atoms with Gasteiger partial charge in [-0.25, -0.2) is 9.78 Å². The van der Waals surface area contributed by atoms with Gasteiger partial charge in [0.1, 0.15) is 11.5 Å². The molecule has 0 spiro atoms. The van der Waals surface area contributed by atoms with Crippen LogP contribution < -0.4 is 5.56 Å². The third-order valence-electron chi connectivity index (χ3n) is 8.62. The molecule has 2 aromatic carbocycles. The van der Waals surface area contributed by atoms with Crippen LogP contribution in [-0.2, 0) is 11.3 Å². The highest BCUT2D eigenvalue weighted by molar-refractivity contribution is 6.31. The molecule has 11 nitrogen and oxygen atoms in total. The van der Waals surface area contributed by atoms with Gasteiger partial charge in [0, 0.05) is 29.4 Å². The topological polar surface area (TPSA) is 130 Å². The summed E-state index contributed by atoms with van der Waals surface area (Å²) in [5, 5.41) is 22.3. The number of benzene rings is 2. The van der Waals surface area contributed by atoms with Crippen LogP contribution in [0.15, 0.2) is 65.7 Å². The molecule has 0 bridgehead atoms. The monoisotopic (exact) mass is 653 g/mol. The number of carboxylic acid groups (broad SMARTS) is 1. The first kappa shape index (κ1) is 31.1. The van der Waals surface area contributed by atoms with Gasteiger partial charge in [-0.2, -0.15) is 0 Å². The summed E-state index contributed by atoms with van der Waals surface area (Å²) in [5.41, 5.74) is 0.201. The second-order valence-electron chi connectivity index (χ2n) is 12.3. The fourth-order valence-corrected chi connectivity index (χ4v) is 6.52. The molecule has 0 radical (unpaired) electrons. The van der Waals surface area contributed by atoms with E-state index >= 15 is 0 Å². The number of carbonyl (C=O) groups is 2. The van der Waals surface area contributed by atoms with E-state index in [-0.39, 0.29) is 36.3 Å². The lowest BCUT2D eigenvalue weighted by Gasteiger charge is -2.42. The van der Waals surface area contributed by atoms with E-state index < -0.39 is 23.3 Å². The van der Waals surface area contributed by atoms with Crippen LogP contribution in [0.25, 0.3) is 16.7 Å². The molecule has 0 saturated carbocycles. The standard InChI is InChI=1S/C32H33Cl2N5O6/c1-31(2)17-38(30(42)43)25(16-45-31)20-5-9-23(10-6-20)39-26(34)15-24-27(39)35-19-37(29(24)41)18-32(44)11-13-36(14-12-32)28(40)21-3-7-22(33)8-4-21/h3-10,15,19,25,44H,11-14,16-18H2,1-2H3,(H,42,43)/t25-/m1/s1. The minimum Gasteiger partial charge on any atom is -0.465 e. The van der Waals surface area contributed by atoms with Crippen molar-refractivity contribution in [3.05, 3.63) is 92.6 Å². The number of piperidine rings is 1. The van der Waals surface area contributed by atoms with Gasteiger partial charge >= 0.3 is 6.09 Å². The number of halogens is 2. The zero-order valence-corrected chi connectivity index (χ0v) is 26.3. The number of aliphatic hydroxyl groups is 1. The molecule has 6 rings (SSSR count). The molecule has 1 atom stereocenters. The maximum absolute atomic E-state index is 13.5. The molecular formula is C32H33Cl2N5O6. The lowest BCUT2D eigenvalue weighted by Crippen LogP contribution is -2.51. The van der Waals surface area contributed by atoms with E-state index in [1.54, 1.807) is 51.9 Å². The van der Waals surface area contributed by atoms with Crippen molar-refractivity contribution in [2.75, 3.05) is 26.2 Å². The third kappa shape index (κ3) is 6.17. The highest BCUT2D eigenvalue weighted by Crippen LogP contribution is 2.32. The van der Waals surface area contributed by atoms with Gasteiger partial charge in [0.05, 0.1) is 42.3 Å². The molecule has 2 aliphatic heterocycles. The first-order chi connectivity index (χ1) is 21.3. The summed E-state index contributed by atoms with van der Waals surface area (Å²) in [6, 6.07) is 15.0. The van der Waals surface area contributed by atoms with Crippen molar-refractivity contribution in [1.29, 1.82) is 0 Å². The number of carbonyl (C=O) groups excluding carboxylic acids is 1. The molecule has 2 amide bonds. The Hall–Kier alpha value is -3.90. The molecule has 2 aliphatic rings. The molecule has 0 aliphatic carbocycles. The van der Waals surface area contributed by atoms with E-state index in [2.05, 4.69) is 4.98 Å². The zero-order chi connectivity index (χ0) is 32.1. The minimum absolute atomic E-state index is 0.0234. The quantitative estimate of drug-likeness (QED) is 0.310. The number of amides is 2. The Morgan fingerprint density at radius 2 is 1.71 bits per heavy atom. The Balaban J connectivity index is 1.19. The molecular weight excluding hydrogens is 621 g/mol. The van der Waals surface area contributed by atoms with E-state index in [4.69, 9.17) is 27.9 Å². The summed E-state index contributed by atoms with van der Waals surface area (Å²) in [5.74, 6) is -0.131. The van der Waals surface area contributed by atoms with Crippen molar-refractivity contribution in [2.45, 2.75) is 50.5 Å². The smallest absolute Gasteiger partial charge is 0.407 e. The van der Waals surface area contributed by atoms with Gasteiger partial charge in [-0.1, -0.05) is 35.3 Å². The summed E-state index contributed by atoms with van der Waals surface area (Å²) < 4.78 is 8.93. The maximum Gasteiger partial charge on any atom is 0.407 e. The highest BCUT2D eigenvalue weighted by Gasteiger charge is 2.38. The summed E-state index contributed by atoms with van der Waals surface area (Å²) in [6.07, 6.45) is 0.990. The predicted molar refractivity (Wildman–Crippen MR) is 169 cm³/mol. The van der Waals surface area contributed by atoms with Gasteiger partial charge in [0.2, 0.25) is 0 Å². The first-order valence-corrected chi connectivity index (χ1v) is 15.4. The van der Waals surface area contributed by atoms with Gasteiger partial charge in [-0.15, -0.1) is 0 Å². The van der Waals surface area contributed by atoms with E-state index in [0.717, 1.165) is 5.56 Å². The van der Waals surface area contributed by atoms with E-state index in [9.17, 15) is 24.6 Å². The summed E-state index contributed by atoms with van der Waals surface area (Å²) in [4.78, 5) is 46.0. The maximum atomic E-state index is 13.5. The molecule has 2 N–H and O–H groups in total. The Morgan fingerprint density at radius 1 is 1.04 bits per heavy atom. The number of hydrogen-bond acceptors (Lipinski definition) is 6. The number of morpholine rings is 1. The Labute approximate surface area is 269 Å². The molecule has 13 heteroatoms. The van der Waals surface area contributed by atoms with Gasteiger partial charge < -0.3 is 19.8 Å². The molecule has 0 unspecified atom stereocenters. The average Bonchev–Trinajstić information content (AvgIpc) is 3.35. The number of rotatable bonds is 5. The minimum atomic E-state index is -1.19. The van der Waals surface area contributed by atoms with Gasteiger partial charge in [0.25, 0.3) is 11.5 Å². The number of hydrogen-bond donors (Lipinski definition) is 2. The zero-order valence-electron chi connectivity index (χ0n) is 24.8. The van der Waals surface area contributed by atoms with Crippen LogP contribution in [-0.4, -0.2) is 83.6 Å². The van der Waals surface area contributed by atoms with Crippen molar-refractivity contribution in [3.8, 4) is 5.69 Å². The lowest BCUT2D eigenvalue weighted by molar-refractivity contribution is -0.106. The van der Waals surface area contributed by atoms with E-state index in [0.29, 0.717) is 53.2 Å². The molecule has 2 saturated heterocycles. The van der Waals surface area contributed by atoms with Gasteiger partial charge in [-0.05, 0) is 74.7 Å². The third-order valence-corrected chi connectivity index (χ3v) is 9.15. The van der Waals surface area contributed by atoms with Crippen LogP contribution in [0.4, 0.5) is 4.79 Å². The molecule has 45 heavy (non-hydrogen) atoms. The summed E-state index contributed by atoms with van der Waals surface area (Å²) in [6.45, 7) is 4.90. The van der Waals surface area contributed by atoms with Crippen LogP contribution in [0.3, 0.4) is 0 Å². The number of fused-ring (bicyclic) bond motifs is 1. The molecule has 2 aromatic heterocycles. The van der Waals surface area contributed by atoms with Crippen LogP contribution in [0, 0.1) is 0 Å². The van der Waals surface area contributed by atoms with Crippen molar-refractivity contribution in [1.82, 2.24) is 23.9 Å². The number of nitrogens with zero attached hydrogens (tertiary/aromatic N) is 5. The molecule has 4 aromatic rings. The van der Waals surface area contributed by atoms with E-state index in [1.807, 2.05) is 26.0 Å². The van der Waals surface area contributed by atoms with Crippen molar-refractivity contribution in [2.24, 2.45) is 0 Å².